The number of nitrogens with one attached hydrogen (secondary N) is 1. The highest BCUT2D eigenvalue weighted by molar-refractivity contribution is 6.00. The summed E-state index contributed by atoms with van der Waals surface area (Å²) in [7, 11) is 0. The van der Waals surface area contributed by atoms with E-state index in [1.807, 2.05) is 18.5 Å². The van der Waals surface area contributed by atoms with Crippen LogP contribution in [0.3, 0.4) is 0 Å². The lowest BCUT2D eigenvalue weighted by molar-refractivity contribution is 0.457. The molecule has 3 heteroatoms. The summed E-state index contributed by atoms with van der Waals surface area (Å²) >= 11 is 0. The molecule has 1 aromatic carbocycles. The van der Waals surface area contributed by atoms with Crippen LogP contribution in [0.15, 0.2) is 30.6 Å². The van der Waals surface area contributed by atoms with E-state index in [9.17, 15) is 0 Å². The van der Waals surface area contributed by atoms with Crippen LogP contribution in [0, 0.1) is 5.92 Å². The molecule has 106 valence electrons. The lowest BCUT2D eigenvalue weighted by Gasteiger charge is -2.25. The highest BCUT2D eigenvalue weighted by atomic mass is 14.9. The van der Waals surface area contributed by atoms with Crippen LogP contribution in [-0.2, 0) is 0 Å². The largest absolute Gasteiger partial charge is 0.398 e. The first kappa shape index (κ1) is 13.2. The molecular weight excluding hydrogens is 246 g/mol. The van der Waals surface area contributed by atoms with Gasteiger partial charge in [-0.15, -0.1) is 0 Å². The van der Waals surface area contributed by atoms with Crippen LogP contribution in [0.1, 0.15) is 39.0 Å². The molecule has 3 nitrogen and oxygen atoms in total. The zero-order valence-corrected chi connectivity index (χ0v) is 12.1. The minimum Gasteiger partial charge on any atom is -0.398 e. The van der Waals surface area contributed by atoms with Crippen LogP contribution in [0.5, 0.6) is 0 Å². The van der Waals surface area contributed by atoms with E-state index in [0.29, 0.717) is 6.04 Å². The Morgan fingerprint density at radius 2 is 1.95 bits per heavy atom. The molecule has 1 fully saturated rings. The third-order valence-electron chi connectivity index (χ3n) is 4.55. The van der Waals surface area contributed by atoms with Crippen LogP contribution < -0.4 is 11.1 Å². The van der Waals surface area contributed by atoms with E-state index in [2.05, 4.69) is 29.4 Å². The molecule has 2 atom stereocenters. The van der Waals surface area contributed by atoms with Gasteiger partial charge < -0.3 is 11.1 Å². The number of fused-ring (bicyclic) bond motifs is 1. The van der Waals surface area contributed by atoms with Crippen molar-refractivity contribution >= 4 is 22.1 Å². The van der Waals surface area contributed by atoms with Gasteiger partial charge >= 0.3 is 0 Å². The fraction of sp³-hybridized carbons (Fsp3) is 0.471. The molecule has 0 saturated heterocycles. The number of nitrogen functional groups attached to an aromatic ring is 1. The average molecular weight is 269 g/mol. The molecular formula is C17H23N3. The topological polar surface area (TPSA) is 50.9 Å². The Kier molecular flexibility index (Phi) is 3.77. The average Bonchev–Trinajstić information content (AvgIpc) is 2.67. The van der Waals surface area contributed by atoms with Crippen molar-refractivity contribution in [1.82, 2.24) is 4.98 Å². The maximum atomic E-state index is 6.04. The summed E-state index contributed by atoms with van der Waals surface area (Å²) in [6.07, 6.45) is 10.3. The van der Waals surface area contributed by atoms with Gasteiger partial charge in [0.15, 0.2) is 0 Å². The number of nitrogens with zero attached hydrogens (tertiary/aromatic N) is 1. The van der Waals surface area contributed by atoms with Crippen molar-refractivity contribution in [3.05, 3.63) is 30.6 Å². The Labute approximate surface area is 120 Å². The normalized spacial score (nSPS) is 23.4. The molecule has 1 aromatic heterocycles. The standard InChI is InChI=1S/C17H23N3/c1-12-5-3-2-4-6-16(12)20-17-8-7-15(18)14-11-19-10-9-13(14)17/h7-12,16,20H,2-6,18H2,1H3. The summed E-state index contributed by atoms with van der Waals surface area (Å²) in [6, 6.07) is 6.70. The van der Waals surface area contributed by atoms with Gasteiger partial charge in [0.25, 0.3) is 0 Å². The number of aromatic nitrogens is 1. The van der Waals surface area contributed by atoms with E-state index in [1.54, 1.807) is 0 Å². The first-order valence-corrected chi connectivity index (χ1v) is 7.64. The molecule has 0 spiro atoms. The van der Waals surface area contributed by atoms with Crippen LogP contribution in [0.25, 0.3) is 10.8 Å². The Bertz CT molecular complexity index is 594. The first-order chi connectivity index (χ1) is 9.75. The number of nitrogens with two attached hydrogens (primary N) is 1. The van der Waals surface area contributed by atoms with Gasteiger partial charge in [-0.1, -0.05) is 26.2 Å². The molecule has 1 heterocycles. The van der Waals surface area contributed by atoms with Crippen molar-refractivity contribution in [2.45, 2.75) is 45.1 Å². The predicted molar refractivity (Wildman–Crippen MR) is 85.8 cm³/mol. The third kappa shape index (κ3) is 2.58. The number of anilines is 2. The molecule has 2 unspecified atom stereocenters. The molecule has 1 aliphatic carbocycles. The van der Waals surface area contributed by atoms with Crippen molar-refractivity contribution in [3.63, 3.8) is 0 Å². The van der Waals surface area contributed by atoms with Crippen molar-refractivity contribution < 1.29 is 0 Å². The zero-order valence-electron chi connectivity index (χ0n) is 12.1. The highest BCUT2D eigenvalue weighted by Crippen LogP contribution is 2.31. The Hall–Kier alpha value is -1.77. The van der Waals surface area contributed by atoms with Gasteiger partial charge in [-0.25, -0.2) is 0 Å². The second-order valence-electron chi connectivity index (χ2n) is 5.99. The van der Waals surface area contributed by atoms with Crippen LogP contribution in [-0.4, -0.2) is 11.0 Å². The van der Waals surface area contributed by atoms with E-state index in [0.717, 1.165) is 17.0 Å². The van der Waals surface area contributed by atoms with Crippen LogP contribution >= 0.6 is 0 Å². The molecule has 2 aromatic rings. The second-order valence-corrected chi connectivity index (χ2v) is 5.99. The smallest absolute Gasteiger partial charge is 0.0424 e. The summed E-state index contributed by atoms with van der Waals surface area (Å²) in [6.45, 7) is 2.37. The summed E-state index contributed by atoms with van der Waals surface area (Å²) in [5.41, 5.74) is 8.03. The molecule has 0 amide bonds. The van der Waals surface area contributed by atoms with Gasteiger partial charge in [0.2, 0.25) is 0 Å². The Morgan fingerprint density at radius 3 is 2.85 bits per heavy atom. The maximum Gasteiger partial charge on any atom is 0.0424 e. The molecule has 0 aliphatic heterocycles. The van der Waals surface area contributed by atoms with Crippen molar-refractivity contribution in [2.24, 2.45) is 5.92 Å². The van der Waals surface area contributed by atoms with Gasteiger partial charge in [0.05, 0.1) is 0 Å². The predicted octanol–water partition coefficient (Wildman–Crippen LogP) is 4.20. The summed E-state index contributed by atoms with van der Waals surface area (Å²) < 4.78 is 0. The van der Waals surface area contributed by atoms with Gasteiger partial charge in [0, 0.05) is 40.6 Å². The quantitative estimate of drug-likeness (QED) is 0.634. The van der Waals surface area contributed by atoms with Crippen LogP contribution in [0.2, 0.25) is 0 Å². The number of benzene rings is 1. The van der Waals surface area contributed by atoms with Crippen molar-refractivity contribution in [2.75, 3.05) is 11.1 Å². The van der Waals surface area contributed by atoms with Crippen molar-refractivity contribution in [1.29, 1.82) is 0 Å². The SMILES string of the molecule is CC1CCCCCC1Nc1ccc(N)c2cnccc12. The summed E-state index contributed by atoms with van der Waals surface area (Å²) in [5, 5.41) is 5.98. The fourth-order valence-electron chi connectivity index (χ4n) is 3.25. The van der Waals surface area contributed by atoms with Crippen molar-refractivity contribution in [3.8, 4) is 0 Å². The Balaban J connectivity index is 1.92. The summed E-state index contributed by atoms with van der Waals surface area (Å²) in [4.78, 5) is 4.18. The lowest BCUT2D eigenvalue weighted by atomic mass is 9.96. The number of rotatable bonds is 2. The van der Waals surface area contributed by atoms with Gasteiger partial charge in [-0.3, -0.25) is 4.98 Å². The maximum absolute atomic E-state index is 6.04. The van der Waals surface area contributed by atoms with E-state index in [4.69, 9.17) is 5.73 Å². The fourth-order valence-corrected chi connectivity index (χ4v) is 3.25. The van der Waals surface area contributed by atoms with E-state index >= 15 is 0 Å². The molecule has 20 heavy (non-hydrogen) atoms. The molecule has 1 saturated carbocycles. The molecule has 1 aliphatic rings. The minimum absolute atomic E-state index is 0.567. The number of pyridine rings is 1. The van der Waals surface area contributed by atoms with E-state index in [1.165, 1.54) is 43.2 Å². The summed E-state index contributed by atoms with van der Waals surface area (Å²) in [5.74, 6) is 0.729. The minimum atomic E-state index is 0.567. The van der Waals surface area contributed by atoms with Gasteiger partial charge in [0.1, 0.15) is 0 Å². The Morgan fingerprint density at radius 1 is 1.10 bits per heavy atom. The second kappa shape index (κ2) is 5.70. The monoisotopic (exact) mass is 269 g/mol. The van der Waals surface area contributed by atoms with Gasteiger partial charge in [-0.05, 0) is 37.0 Å². The zero-order chi connectivity index (χ0) is 13.9. The number of hydrogen-bond donors (Lipinski definition) is 2. The molecule has 0 bridgehead atoms. The van der Waals surface area contributed by atoms with E-state index < -0.39 is 0 Å². The third-order valence-corrected chi connectivity index (χ3v) is 4.55. The first-order valence-electron chi connectivity index (χ1n) is 7.64. The molecule has 3 N–H and O–H groups in total. The number of hydrogen-bond acceptors (Lipinski definition) is 3. The molecule has 3 rings (SSSR count). The van der Waals surface area contributed by atoms with E-state index in [-0.39, 0.29) is 0 Å². The van der Waals surface area contributed by atoms with Crippen LogP contribution in [0.4, 0.5) is 11.4 Å². The lowest BCUT2D eigenvalue weighted by Crippen LogP contribution is -2.26. The highest BCUT2D eigenvalue weighted by Gasteiger charge is 2.20. The molecule has 0 radical (unpaired) electrons. The van der Waals surface area contributed by atoms with Gasteiger partial charge in [-0.2, -0.15) is 0 Å².